The molecule has 2 N–H and O–H groups in total. The molecule has 0 aliphatic rings. The van der Waals surface area contributed by atoms with E-state index < -0.39 is 11.9 Å². The summed E-state index contributed by atoms with van der Waals surface area (Å²) in [5, 5.41) is 12.8. The van der Waals surface area contributed by atoms with Crippen LogP contribution in [-0.2, 0) is 28.0 Å². The Hall–Kier alpha value is -5.39. The minimum atomic E-state index is -0.466. The third-order valence-corrected chi connectivity index (χ3v) is 7.14. The number of fused-ring (bicyclic) bond motifs is 2. The van der Waals surface area contributed by atoms with Gasteiger partial charge < -0.3 is 29.2 Å². The molecule has 2 aromatic heterocycles. The molecule has 12 nitrogen and oxygen atoms in total. The molecule has 1 amide bonds. The first kappa shape index (κ1) is 30.1. The van der Waals surface area contributed by atoms with E-state index in [0.29, 0.717) is 45.1 Å². The molecule has 0 aliphatic carbocycles. The Morgan fingerprint density at radius 3 is 2.50 bits per heavy atom. The summed E-state index contributed by atoms with van der Waals surface area (Å²) in [5.74, 6) is 0.254. The largest absolute Gasteiger partial charge is 0.508 e. The Bertz CT molecular complexity index is 1860. The molecule has 5 rings (SSSR count). The van der Waals surface area contributed by atoms with Crippen LogP contribution in [0.15, 0.2) is 60.7 Å². The lowest BCUT2D eigenvalue weighted by molar-refractivity contribution is -0.144. The standard InChI is InChI=1S/C32H33N5O7/c1-5-42-32(41)23-8-6-7-9-28(23)43-15-14-33-31(40)21-10-12-24-27(16-21)36(4)29(34-24)19(2)30-35-25-17-22(39)11-13-26(25)37(30)18-44-20(3)38/h6-13,16-17,19,39H,5,14-15,18H2,1-4H3,(H,33,40). The number of hydrogen-bond acceptors (Lipinski definition) is 9. The number of phenolic OH excluding ortho intramolecular Hbond substituents is 1. The average molecular weight is 600 g/mol. The molecule has 1 atom stereocenters. The van der Waals surface area contributed by atoms with Crippen molar-refractivity contribution in [3.05, 3.63) is 83.4 Å². The van der Waals surface area contributed by atoms with Crippen molar-refractivity contribution in [2.75, 3.05) is 19.8 Å². The topological polar surface area (TPSA) is 147 Å². The first-order chi connectivity index (χ1) is 21.2. The lowest BCUT2D eigenvalue weighted by atomic mass is 10.1. The summed E-state index contributed by atoms with van der Waals surface area (Å²) < 4.78 is 19.8. The van der Waals surface area contributed by atoms with Gasteiger partial charge in [0.15, 0.2) is 6.73 Å². The third kappa shape index (κ3) is 6.19. The van der Waals surface area contributed by atoms with Gasteiger partial charge in [-0.05, 0) is 56.3 Å². The smallest absolute Gasteiger partial charge is 0.341 e. The van der Waals surface area contributed by atoms with E-state index in [1.54, 1.807) is 72.2 Å². The Morgan fingerprint density at radius 2 is 1.73 bits per heavy atom. The van der Waals surface area contributed by atoms with Crippen molar-refractivity contribution < 1.29 is 33.7 Å². The summed E-state index contributed by atoms with van der Waals surface area (Å²) in [5.41, 5.74) is 3.49. The van der Waals surface area contributed by atoms with Gasteiger partial charge in [0.1, 0.15) is 35.3 Å². The van der Waals surface area contributed by atoms with Gasteiger partial charge in [0.05, 0.1) is 41.1 Å². The maximum atomic E-state index is 13.0. The lowest BCUT2D eigenvalue weighted by Gasteiger charge is -2.15. The first-order valence-electron chi connectivity index (χ1n) is 14.1. The molecule has 12 heteroatoms. The molecular weight excluding hydrogens is 566 g/mol. The third-order valence-electron chi connectivity index (χ3n) is 7.14. The summed E-state index contributed by atoms with van der Waals surface area (Å²) >= 11 is 0. The van der Waals surface area contributed by atoms with Gasteiger partial charge in [-0.15, -0.1) is 0 Å². The van der Waals surface area contributed by atoms with Gasteiger partial charge in [0.2, 0.25) is 0 Å². The first-order valence-corrected chi connectivity index (χ1v) is 14.1. The maximum Gasteiger partial charge on any atom is 0.341 e. The molecule has 1 unspecified atom stereocenters. The molecule has 0 bridgehead atoms. The van der Waals surface area contributed by atoms with Gasteiger partial charge in [-0.1, -0.05) is 12.1 Å². The Balaban J connectivity index is 1.32. The second kappa shape index (κ2) is 12.9. The monoisotopic (exact) mass is 599 g/mol. The van der Waals surface area contributed by atoms with Crippen LogP contribution in [0, 0.1) is 0 Å². The van der Waals surface area contributed by atoms with Crippen LogP contribution >= 0.6 is 0 Å². The van der Waals surface area contributed by atoms with E-state index in [-0.39, 0.29) is 44.1 Å². The zero-order chi connectivity index (χ0) is 31.4. The highest BCUT2D eigenvalue weighted by molar-refractivity contribution is 5.97. The number of aryl methyl sites for hydroxylation is 1. The van der Waals surface area contributed by atoms with Crippen molar-refractivity contribution in [3.63, 3.8) is 0 Å². The predicted octanol–water partition coefficient (Wildman–Crippen LogP) is 4.29. The van der Waals surface area contributed by atoms with Gasteiger partial charge in [0.25, 0.3) is 5.91 Å². The van der Waals surface area contributed by atoms with Crippen molar-refractivity contribution in [2.45, 2.75) is 33.4 Å². The number of imidazole rings is 2. The number of rotatable bonds is 11. The van der Waals surface area contributed by atoms with Crippen LogP contribution in [0.3, 0.4) is 0 Å². The number of ether oxygens (including phenoxy) is 3. The number of carbonyl (C=O) groups excluding carboxylic acids is 3. The summed E-state index contributed by atoms with van der Waals surface area (Å²) in [6.45, 7) is 5.61. The molecule has 0 spiro atoms. The number of phenols is 1. The van der Waals surface area contributed by atoms with Crippen LogP contribution in [0.4, 0.5) is 0 Å². The summed E-state index contributed by atoms with van der Waals surface area (Å²) in [6, 6.07) is 16.9. The molecule has 228 valence electrons. The predicted molar refractivity (Wildman–Crippen MR) is 162 cm³/mol. The molecule has 3 aromatic carbocycles. The number of carbonyl (C=O) groups is 3. The highest BCUT2D eigenvalue weighted by Crippen LogP contribution is 2.30. The Labute approximate surface area is 253 Å². The van der Waals surface area contributed by atoms with Crippen LogP contribution < -0.4 is 10.1 Å². The van der Waals surface area contributed by atoms with E-state index in [9.17, 15) is 19.5 Å². The molecule has 2 heterocycles. The molecule has 5 aromatic rings. The number of aromatic hydroxyl groups is 1. The Kier molecular flexibility index (Phi) is 8.79. The van der Waals surface area contributed by atoms with E-state index in [2.05, 4.69) is 5.32 Å². The summed E-state index contributed by atoms with van der Waals surface area (Å²) in [7, 11) is 1.86. The fourth-order valence-corrected chi connectivity index (χ4v) is 5.01. The second-order valence-electron chi connectivity index (χ2n) is 10.1. The van der Waals surface area contributed by atoms with Gasteiger partial charge in [-0.3, -0.25) is 14.2 Å². The van der Waals surface area contributed by atoms with Crippen LogP contribution in [0.25, 0.3) is 22.1 Å². The van der Waals surface area contributed by atoms with Gasteiger partial charge >= 0.3 is 11.9 Å². The SMILES string of the molecule is CCOC(=O)c1ccccc1OCCNC(=O)c1ccc2nc(C(C)c3nc4cc(O)ccc4n3COC(C)=O)n(C)c2c1. The number of para-hydroxylation sites is 1. The molecule has 0 aliphatic heterocycles. The zero-order valence-corrected chi connectivity index (χ0v) is 24.9. The number of hydrogen-bond donors (Lipinski definition) is 2. The van der Waals surface area contributed by atoms with Crippen LogP contribution in [0.1, 0.15) is 59.1 Å². The number of benzene rings is 3. The van der Waals surface area contributed by atoms with E-state index in [1.165, 1.54) is 6.92 Å². The number of esters is 2. The summed E-state index contributed by atoms with van der Waals surface area (Å²) in [4.78, 5) is 46.3. The quantitative estimate of drug-likeness (QED) is 0.168. The fraction of sp³-hybridized carbons (Fsp3) is 0.281. The van der Waals surface area contributed by atoms with Crippen LogP contribution in [0.2, 0.25) is 0 Å². The van der Waals surface area contributed by atoms with Crippen molar-refractivity contribution in [1.82, 2.24) is 24.4 Å². The second-order valence-corrected chi connectivity index (χ2v) is 10.1. The Morgan fingerprint density at radius 1 is 0.955 bits per heavy atom. The van der Waals surface area contributed by atoms with Crippen LogP contribution in [0.5, 0.6) is 11.5 Å². The minimum Gasteiger partial charge on any atom is -0.508 e. The van der Waals surface area contributed by atoms with Gasteiger partial charge in [0, 0.05) is 25.6 Å². The summed E-state index contributed by atoms with van der Waals surface area (Å²) in [6.07, 6.45) is 0. The van der Waals surface area contributed by atoms with Crippen molar-refractivity contribution in [2.24, 2.45) is 7.05 Å². The molecule has 0 saturated carbocycles. The molecular formula is C32H33N5O7. The number of nitrogens with zero attached hydrogens (tertiary/aromatic N) is 4. The zero-order valence-electron chi connectivity index (χ0n) is 24.9. The molecule has 0 radical (unpaired) electrons. The molecule has 0 fully saturated rings. The maximum absolute atomic E-state index is 13.0. The fourth-order valence-electron chi connectivity index (χ4n) is 5.01. The molecule has 0 saturated heterocycles. The highest BCUT2D eigenvalue weighted by Gasteiger charge is 2.24. The molecule has 44 heavy (non-hydrogen) atoms. The van der Waals surface area contributed by atoms with Gasteiger partial charge in [-0.25, -0.2) is 14.8 Å². The number of nitrogens with one attached hydrogen (secondary N) is 1. The number of aromatic nitrogens is 4. The van der Waals surface area contributed by atoms with Crippen LogP contribution in [-0.4, -0.2) is 61.8 Å². The van der Waals surface area contributed by atoms with E-state index in [1.807, 2.05) is 18.5 Å². The van der Waals surface area contributed by atoms with Crippen molar-refractivity contribution >= 4 is 39.9 Å². The van der Waals surface area contributed by atoms with Crippen molar-refractivity contribution in [1.29, 1.82) is 0 Å². The van der Waals surface area contributed by atoms with E-state index in [0.717, 1.165) is 5.52 Å². The van der Waals surface area contributed by atoms with E-state index in [4.69, 9.17) is 24.2 Å². The van der Waals surface area contributed by atoms with Gasteiger partial charge in [-0.2, -0.15) is 0 Å². The average Bonchev–Trinajstić information content (AvgIpc) is 3.54. The van der Waals surface area contributed by atoms with E-state index >= 15 is 0 Å². The lowest BCUT2D eigenvalue weighted by Crippen LogP contribution is -2.28. The van der Waals surface area contributed by atoms with Crippen molar-refractivity contribution in [3.8, 4) is 11.5 Å². The normalized spacial score (nSPS) is 11.8. The minimum absolute atomic E-state index is 0.0390. The number of amides is 1. The highest BCUT2D eigenvalue weighted by atomic mass is 16.5.